The van der Waals surface area contributed by atoms with Crippen molar-refractivity contribution >= 4 is 11.3 Å². The molecule has 0 unspecified atom stereocenters. The molecule has 0 spiro atoms. The van der Waals surface area contributed by atoms with Gasteiger partial charge in [0.15, 0.2) is 0 Å². The maximum absolute atomic E-state index is 9.01. The summed E-state index contributed by atoms with van der Waals surface area (Å²) in [5.41, 5.74) is 1.07. The molecule has 0 aliphatic heterocycles. The summed E-state index contributed by atoms with van der Waals surface area (Å²) in [6.45, 7) is 12.4. The molecule has 0 aromatic carbocycles. The van der Waals surface area contributed by atoms with Crippen LogP contribution in [-0.4, -0.2) is 41.2 Å². The second-order valence-electron chi connectivity index (χ2n) is 5.00. The molecule has 0 aliphatic rings. The largest absolute Gasteiger partial charge is 0.395 e. The molecule has 0 saturated heterocycles. The standard InChI is InChI=1S/C14H25N3OS/c1-4-5-17(6-7-18)10-13-11-19-14(16-13)9-15-8-12(2)3/h4,11-12,15,18H,1,5-10H2,2-3H3. The minimum absolute atomic E-state index is 0.167. The first-order valence-corrected chi connectivity index (χ1v) is 7.61. The van der Waals surface area contributed by atoms with Crippen LogP contribution in [0.3, 0.4) is 0 Å². The van der Waals surface area contributed by atoms with E-state index in [-0.39, 0.29) is 6.61 Å². The van der Waals surface area contributed by atoms with Gasteiger partial charge in [0.2, 0.25) is 0 Å². The number of hydrogen-bond donors (Lipinski definition) is 2. The first-order chi connectivity index (χ1) is 9.15. The average molecular weight is 283 g/mol. The zero-order valence-electron chi connectivity index (χ0n) is 11.9. The van der Waals surface area contributed by atoms with Crippen molar-refractivity contribution in [1.82, 2.24) is 15.2 Å². The molecule has 1 heterocycles. The number of nitrogens with zero attached hydrogens (tertiary/aromatic N) is 2. The minimum atomic E-state index is 0.167. The highest BCUT2D eigenvalue weighted by atomic mass is 32.1. The lowest BCUT2D eigenvalue weighted by Crippen LogP contribution is -2.26. The van der Waals surface area contributed by atoms with Crippen molar-refractivity contribution in [3.8, 4) is 0 Å². The van der Waals surface area contributed by atoms with Gasteiger partial charge in [0.05, 0.1) is 12.3 Å². The van der Waals surface area contributed by atoms with Crippen LogP contribution >= 0.6 is 11.3 Å². The van der Waals surface area contributed by atoms with Crippen LogP contribution in [0.25, 0.3) is 0 Å². The highest BCUT2D eigenvalue weighted by Gasteiger charge is 2.07. The number of aromatic nitrogens is 1. The van der Waals surface area contributed by atoms with E-state index in [4.69, 9.17) is 5.11 Å². The fourth-order valence-corrected chi connectivity index (χ4v) is 2.51. The summed E-state index contributed by atoms with van der Waals surface area (Å²) in [6, 6.07) is 0. The highest BCUT2D eigenvalue weighted by Crippen LogP contribution is 2.11. The quantitative estimate of drug-likeness (QED) is 0.644. The van der Waals surface area contributed by atoms with Crippen LogP contribution in [0.15, 0.2) is 18.0 Å². The van der Waals surface area contributed by atoms with E-state index in [2.05, 4.69) is 41.0 Å². The maximum Gasteiger partial charge on any atom is 0.107 e. The second-order valence-corrected chi connectivity index (χ2v) is 5.95. The molecule has 19 heavy (non-hydrogen) atoms. The lowest BCUT2D eigenvalue weighted by molar-refractivity contribution is 0.202. The second kappa shape index (κ2) is 9.20. The average Bonchev–Trinajstić information content (AvgIpc) is 2.77. The monoisotopic (exact) mass is 283 g/mol. The Morgan fingerprint density at radius 2 is 2.37 bits per heavy atom. The van der Waals surface area contributed by atoms with Crippen LogP contribution in [-0.2, 0) is 13.1 Å². The van der Waals surface area contributed by atoms with Crippen molar-refractivity contribution in [1.29, 1.82) is 0 Å². The number of hydrogen-bond acceptors (Lipinski definition) is 5. The number of rotatable bonds is 10. The van der Waals surface area contributed by atoms with Gasteiger partial charge in [0, 0.05) is 31.6 Å². The van der Waals surface area contributed by atoms with Crippen molar-refractivity contribution in [2.45, 2.75) is 26.9 Å². The summed E-state index contributed by atoms with van der Waals surface area (Å²) in [4.78, 5) is 6.74. The molecular formula is C14H25N3OS. The van der Waals surface area contributed by atoms with Crippen molar-refractivity contribution in [2.75, 3.05) is 26.2 Å². The topological polar surface area (TPSA) is 48.4 Å². The van der Waals surface area contributed by atoms with Gasteiger partial charge in [0.1, 0.15) is 5.01 Å². The van der Waals surface area contributed by atoms with Gasteiger partial charge >= 0.3 is 0 Å². The molecular weight excluding hydrogens is 258 g/mol. The Balaban J connectivity index is 2.41. The van der Waals surface area contributed by atoms with E-state index in [0.29, 0.717) is 12.5 Å². The summed E-state index contributed by atoms with van der Waals surface area (Å²) < 4.78 is 0. The molecule has 0 amide bonds. The lowest BCUT2D eigenvalue weighted by Gasteiger charge is -2.17. The summed E-state index contributed by atoms with van der Waals surface area (Å²) >= 11 is 1.69. The molecule has 108 valence electrons. The first kappa shape index (κ1) is 16.3. The molecule has 1 aromatic heterocycles. The van der Waals surface area contributed by atoms with Gasteiger partial charge < -0.3 is 10.4 Å². The van der Waals surface area contributed by atoms with Gasteiger partial charge in [0.25, 0.3) is 0 Å². The van der Waals surface area contributed by atoms with E-state index in [9.17, 15) is 0 Å². The SMILES string of the molecule is C=CCN(CCO)Cc1csc(CNCC(C)C)n1. The molecule has 5 heteroatoms. The summed E-state index contributed by atoms with van der Waals surface area (Å²) in [5.74, 6) is 0.659. The van der Waals surface area contributed by atoms with Gasteiger partial charge in [-0.3, -0.25) is 4.90 Å². The number of thiazole rings is 1. The Kier molecular flexibility index (Phi) is 7.90. The first-order valence-electron chi connectivity index (χ1n) is 6.73. The summed E-state index contributed by atoms with van der Waals surface area (Å²) in [5, 5.41) is 15.6. The Bertz CT molecular complexity index is 365. The van der Waals surface area contributed by atoms with Crippen molar-refractivity contribution in [3.63, 3.8) is 0 Å². The summed E-state index contributed by atoms with van der Waals surface area (Å²) in [7, 11) is 0. The fraction of sp³-hybridized carbons (Fsp3) is 0.643. The van der Waals surface area contributed by atoms with E-state index in [1.165, 1.54) is 0 Å². The molecule has 4 nitrogen and oxygen atoms in total. The molecule has 1 aromatic rings. The smallest absolute Gasteiger partial charge is 0.107 e. The lowest BCUT2D eigenvalue weighted by atomic mass is 10.2. The van der Waals surface area contributed by atoms with Crippen LogP contribution in [0.1, 0.15) is 24.5 Å². The van der Waals surface area contributed by atoms with Crippen molar-refractivity contribution < 1.29 is 5.11 Å². The molecule has 0 atom stereocenters. The van der Waals surface area contributed by atoms with Crippen molar-refractivity contribution in [2.24, 2.45) is 5.92 Å². The molecule has 1 rings (SSSR count). The molecule has 2 N–H and O–H groups in total. The molecule has 0 aliphatic carbocycles. The van der Waals surface area contributed by atoms with Crippen LogP contribution < -0.4 is 5.32 Å². The zero-order chi connectivity index (χ0) is 14.1. The molecule has 0 radical (unpaired) electrons. The van der Waals surface area contributed by atoms with Crippen molar-refractivity contribution in [3.05, 3.63) is 28.7 Å². The maximum atomic E-state index is 9.01. The van der Waals surface area contributed by atoms with Gasteiger partial charge in [-0.25, -0.2) is 4.98 Å². The van der Waals surface area contributed by atoms with Crippen LogP contribution in [0.5, 0.6) is 0 Å². The third-order valence-electron chi connectivity index (χ3n) is 2.62. The van der Waals surface area contributed by atoms with Gasteiger partial charge in [-0.2, -0.15) is 0 Å². The Morgan fingerprint density at radius 1 is 1.58 bits per heavy atom. The third-order valence-corrected chi connectivity index (χ3v) is 3.51. The number of aliphatic hydroxyl groups is 1. The predicted octanol–water partition coefficient (Wildman–Crippen LogP) is 1.87. The van der Waals surface area contributed by atoms with Crippen LogP contribution in [0.4, 0.5) is 0 Å². The molecule has 0 saturated carbocycles. The van der Waals surface area contributed by atoms with Crippen LogP contribution in [0, 0.1) is 5.92 Å². The van der Waals surface area contributed by atoms with Gasteiger partial charge in [-0.15, -0.1) is 17.9 Å². The van der Waals surface area contributed by atoms with E-state index >= 15 is 0 Å². The molecule has 0 bridgehead atoms. The predicted molar refractivity (Wildman–Crippen MR) is 81.2 cm³/mol. The third kappa shape index (κ3) is 6.82. The van der Waals surface area contributed by atoms with E-state index in [1.54, 1.807) is 11.3 Å². The zero-order valence-corrected chi connectivity index (χ0v) is 12.7. The Labute approximate surface area is 120 Å². The van der Waals surface area contributed by atoms with E-state index in [0.717, 1.165) is 36.9 Å². The van der Waals surface area contributed by atoms with E-state index < -0.39 is 0 Å². The minimum Gasteiger partial charge on any atom is -0.395 e. The molecule has 0 fully saturated rings. The Morgan fingerprint density at radius 3 is 3.00 bits per heavy atom. The van der Waals surface area contributed by atoms with Gasteiger partial charge in [-0.05, 0) is 12.5 Å². The Hall–Kier alpha value is -0.750. The highest BCUT2D eigenvalue weighted by molar-refractivity contribution is 7.09. The normalized spacial score (nSPS) is 11.4. The summed E-state index contributed by atoms with van der Waals surface area (Å²) in [6.07, 6.45) is 1.85. The number of nitrogens with one attached hydrogen (secondary N) is 1. The van der Waals surface area contributed by atoms with E-state index in [1.807, 2.05) is 6.08 Å². The van der Waals surface area contributed by atoms with Gasteiger partial charge in [-0.1, -0.05) is 19.9 Å². The van der Waals surface area contributed by atoms with Crippen LogP contribution in [0.2, 0.25) is 0 Å². The number of aliphatic hydroxyl groups excluding tert-OH is 1. The fourth-order valence-electron chi connectivity index (χ4n) is 1.76.